The number of nitrogens with two attached hydrogens (primary N) is 1. The highest BCUT2D eigenvalue weighted by Gasteiger charge is 2.31. The average Bonchev–Trinajstić information content (AvgIpc) is 2.50. The third-order valence-corrected chi connectivity index (χ3v) is 4.31. The van der Waals surface area contributed by atoms with Crippen LogP contribution in [0.25, 0.3) is 0 Å². The Bertz CT molecular complexity index is 692. The Labute approximate surface area is 156 Å². The molecule has 3 nitrogen and oxygen atoms in total. The molecule has 0 aliphatic carbocycles. The molecular formula is C18H21BrClFN2O. The van der Waals surface area contributed by atoms with Crippen molar-refractivity contribution < 1.29 is 9.18 Å². The molecule has 0 radical (unpaired) electrons. The maximum absolute atomic E-state index is 13.7. The van der Waals surface area contributed by atoms with Crippen LogP contribution >= 0.6 is 28.3 Å². The molecule has 1 amide bonds. The molecule has 3 N–H and O–H groups in total. The number of rotatable bonds is 5. The molecule has 0 saturated carbocycles. The second-order valence-electron chi connectivity index (χ2n) is 5.88. The predicted octanol–water partition coefficient (Wildman–Crippen LogP) is 3.93. The first-order chi connectivity index (χ1) is 10.8. The van der Waals surface area contributed by atoms with E-state index in [-0.39, 0.29) is 30.2 Å². The van der Waals surface area contributed by atoms with Crippen LogP contribution in [0.2, 0.25) is 0 Å². The highest BCUT2D eigenvalue weighted by molar-refractivity contribution is 9.10. The number of hydrogen-bond acceptors (Lipinski definition) is 2. The zero-order chi connectivity index (χ0) is 17.0. The minimum atomic E-state index is -1.15. The summed E-state index contributed by atoms with van der Waals surface area (Å²) in [5.74, 6) is -0.555. The smallest absolute Gasteiger partial charge is 0.244 e. The molecule has 0 saturated heterocycles. The summed E-state index contributed by atoms with van der Waals surface area (Å²) >= 11 is 3.36. The SMILES string of the molecule is CC(Cc1ccccc1F)NC(=O)C(C)(N)c1ccc(Br)cc1.Cl. The number of nitrogens with one attached hydrogen (secondary N) is 1. The first-order valence-electron chi connectivity index (χ1n) is 7.40. The van der Waals surface area contributed by atoms with Crippen LogP contribution in [0, 0.1) is 5.82 Å². The van der Waals surface area contributed by atoms with Crippen LogP contribution in [0.4, 0.5) is 4.39 Å². The van der Waals surface area contributed by atoms with Crippen LogP contribution in [-0.4, -0.2) is 11.9 Å². The van der Waals surface area contributed by atoms with Gasteiger partial charge in [0, 0.05) is 10.5 Å². The van der Waals surface area contributed by atoms with Gasteiger partial charge in [-0.15, -0.1) is 12.4 Å². The first kappa shape index (κ1) is 20.6. The molecule has 2 aromatic rings. The van der Waals surface area contributed by atoms with Crippen molar-refractivity contribution in [2.45, 2.75) is 31.8 Å². The summed E-state index contributed by atoms with van der Waals surface area (Å²) in [5, 5.41) is 2.87. The van der Waals surface area contributed by atoms with Crippen LogP contribution in [0.5, 0.6) is 0 Å². The van der Waals surface area contributed by atoms with Gasteiger partial charge < -0.3 is 11.1 Å². The fraction of sp³-hybridized carbons (Fsp3) is 0.278. The van der Waals surface area contributed by atoms with Crippen molar-refractivity contribution in [2.24, 2.45) is 5.73 Å². The Hall–Kier alpha value is -1.43. The van der Waals surface area contributed by atoms with Gasteiger partial charge >= 0.3 is 0 Å². The molecule has 2 rings (SSSR count). The van der Waals surface area contributed by atoms with Crippen molar-refractivity contribution in [1.29, 1.82) is 0 Å². The maximum Gasteiger partial charge on any atom is 0.244 e. The molecular weight excluding hydrogens is 395 g/mol. The van der Waals surface area contributed by atoms with Gasteiger partial charge in [-0.05, 0) is 49.6 Å². The third-order valence-electron chi connectivity index (χ3n) is 3.78. The number of hydrogen-bond donors (Lipinski definition) is 2. The molecule has 0 fully saturated rings. The summed E-state index contributed by atoms with van der Waals surface area (Å²) in [4.78, 5) is 12.5. The van der Waals surface area contributed by atoms with Crippen LogP contribution in [0.3, 0.4) is 0 Å². The highest BCUT2D eigenvalue weighted by Crippen LogP contribution is 2.21. The van der Waals surface area contributed by atoms with Gasteiger partial charge in [0.15, 0.2) is 0 Å². The Morgan fingerprint density at radius 3 is 2.42 bits per heavy atom. The number of carbonyl (C=O) groups excluding carboxylic acids is 1. The van der Waals surface area contributed by atoms with Gasteiger partial charge in [0.1, 0.15) is 11.4 Å². The highest BCUT2D eigenvalue weighted by atomic mass is 79.9. The Balaban J connectivity index is 0.00000288. The minimum absolute atomic E-state index is 0. The predicted molar refractivity (Wildman–Crippen MR) is 101 cm³/mol. The molecule has 0 heterocycles. The number of halogens is 3. The van der Waals surface area contributed by atoms with Crippen molar-refractivity contribution in [3.63, 3.8) is 0 Å². The van der Waals surface area contributed by atoms with Gasteiger partial charge in [-0.3, -0.25) is 4.79 Å². The van der Waals surface area contributed by atoms with Crippen molar-refractivity contribution >= 4 is 34.2 Å². The van der Waals surface area contributed by atoms with Crippen molar-refractivity contribution in [1.82, 2.24) is 5.32 Å². The molecule has 2 atom stereocenters. The summed E-state index contributed by atoms with van der Waals surface area (Å²) in [6.07, 6.45) is 0.412. The molecule has 2 aromatic carbocycles. The second kappa shape index (κ2) is 8.60. The van der Waals surface area contributed by atoms with E-state index in [2.05, 4.69) is 21.2 Å². The zero-order valence-electron chi connectivity index (χ0n) is 13.6. The molecule has 6 heteroatoms. The summed E-state index contributed by atoms with van der Waals surface area (Å²) in [6, 6.07) is 13.6. The monoisotopic (exact) mass is 414 g/mol. The normalized spacial score (nSPS) is 14.2. The van der Waals surface area contributed by atoms with Crippen LogP contribution < -0.4 is 11.1 Å². The zero-order valence-corrected chi connectivity index (χ0v) is 16.0. The molecule has 0 aromatic heterocycles. The fourth-order valence-electron chi connectivity index (χ4n) is 2.35. The summed E-state index contributed by atoms with van der Waals surface area (Å²) in [5.41, 5.74) is 6.34. The molecule has 0 bridgehead atoms. The number of carbonyl (C=O) groups is 1. The first-order valence-corrected chi connectivity index (χ1v) is 8.19. The molecule has 24 heavy (non-hydrogen) atoms. The van der Waals surface area contributed by atoms with E-state index in [0.717, 1.165) is 10.0 Å². The van der Waals surface area contributed by atoms with Crippen molar-refractivity contribution in [3.05, 3.63) is 69.9 Å². The Kier molecular flexibility index (Phi) is 7.39. The third kappa shape index (κ3) is 5.03. The van der Waals surface area contributed by atoms with Gasteiger partial charge in [0.05, 0.1) is 0 Å². The topological polar surface area (TPSA) is 55.1 Å². The quantitative estimate of drug-likeness (QED) is 0.777. The largest absolute Gasteiger partial charge is 0.351 e. The lowest BCUT2D eigenvalue weighted by atomic mass is 9.91. The van der Waals surface area contributed by atoms with Crippen LogP contribution in [0.1, 0.15) is 25.0 Å². The van der Waals surface area contributed by atoms with Gasteiger partial charge in [-0.2, -0.15) is 0 Å². The molecule has 0 spiro atoms. The summed E-state index contributed by atoms with van der Waals surface area (Å²) < 4.78 is 14.6. The van der Waals surface area contributed by atoms with Gasteiger partial charge in [0.25, 0.3) is 0 Å². The van der Waals surface area contributed by atoms with E-state index in [1.165, 1.54) is 6.07 Å². The lowest BCUT2D eigenvalue weighted by Crippen LogP contribution is -2.51. The standard InChI is InChI=1S/C18H20BrFN2O.ClH/c1-12(11-13-5-3-4-6-16(13)20)22-17(23)18(2,21)14-7-9-15(19)10-8-14;/h3-10,12H,11,21H2,1-2H3,(H,22,23);1H. The van der Waals surface area contributed by atoms with Crippen LogP contribution in [0.15, 0.2) is 53.0 Å². The lowest BCUT2D eigenvalue weighted by Gasteiger charge is -2.26. The van der Waals surface area contributed by atoms with E-state index in [1.807, 2.05) is 31.2 Å². The van der Waals surface area contributed by atoms with Crippen molar-refractivity contribution in [3.8, 4) is 0 Å². The van der Waals surface area contributed by atoms with E-state index in [0.29, 0.717) is 12.0 Å². The van der Waals surface area contributed by atoms with E-state index in [1.54, 1.807) is 25.1 Å². The maximum atomic E-state index is 13.7. The molecule has 0 aliphatic heterocycles. The average molecular weight is 416 g/mol. The fourth-order valence-corrected chi connectivity index (χ4v) is 2.61. The second-order valence-corrected chi connectivity index (χ2v) is 6.79. The lowest BCUT2D eigenvalue weighted by molar-refractivity contribution is -0.126. The molecule has 130 valence electrons. The Morgan fingerprint density at radius 2 is 1.83 bits per heavy atom. The van der Waals surface area contributed by atoms with Gasteiger partial charge in [-0.1, -0.05) is 46.3 Å². The van der Waals surface area contributed by atoms with Gasteiger partial charge in [-0.25, -0.2) is 4.39 Å². The molecule has 0 aliphatic rings. The summed E-state index contributed by atoms with van der Waals surface area (Å²) in [6.45, 7) is 3.50. The molecule has 2 unspecified atom stereocenters. The Morgan fingerprint density at radius 1 is 1.25 bits per heavy atom. The van der Waals surface area contributed by atoms with E-state index in [9.17, 15) is 9.18 Å². The van der Waals surface area contributed by atoms with Crippen LogP contribution in [-0.2, 0) is 16.8 Å². The summed E-state index contributed by atoms with van der Waals surface area (Å²) in [7, 11) is 0. The van der Waals surface area contributed by atoms with E-state index in [4.69, 9.17) is 5.73 Å². The van der Waals surface area contributed by atoms with Crippen molar-refractivity contribution in [2.75, 3.05) is 0 Å². The number of benzene rings is 2. The van der Waals surface area contributed by atoms with Gasteiger partial charge in [0.2, 0.25) is 5.91 Å². The van der Waals surface area contributed by atoms with E-state index < -0.39 is 5.54 Å². The minimum Gasteiger partial charge on any atom is -0.351 e. The number of amides is 1. The van der Waals surface area contributed by atoms with E-state index >= 15 is 0 Å².